The Morgan fingerprint density at radius 1 is 0.897 bits per heavy atom. The minimum atomic E-state index is -5.68. The predicted octanol–water partition coefficient (Wildman–Crippen LogP) is 5.74. The van der Waals surface area contributed by atoms with Gasteiger partial charge in [0, 0.05) is 0 Å². The van der Waals surface area contributed by atoms with Crippen LogP contribution < -0.4 is 14.2 Å². The van der Waals surface area contributed by atoms with Gasteiger partial charge in [0.15, 0.2) is 11.5 Å². The van der Waals surface area contributed by atoms with Gasteiger partial charge < -0.3 is 19.3 Å². The first kappa shape index (κ1) is 24.5. The van der Waals surface area contributed by atoms with Crippen molar-refractivity contribution in [2.24, 2.45) is 0 Å². The van der Waals surface area contributed by atoms with Gasteiger partial charge in [-0.25, -0.2) is 0 Å². The number of benzene rings is 1. The highest BCUT2D eigenvalue weighted by molar-refractivity contribution is 5.79. The molecule has 14 heteroatoms. The van der Waals surface area contributed by atoms with Crippen molar-refractivity contribution in [3.63, 3.8) is 0 Å². The summed E-state index contributed by atoms with van der Waals surface area (Å²) in [6.07, 6.45) is -16.9. The maximum absolute atomic E-state index is 12.8. The van der Waals surface area contributed by atoms with Crippen LogP contribution in [0, 0.1) is 0 Å². The number of hydrogen-bond acceptors (Lipinski definition) is 4. The molecule has 0 saturated heterocycles. The quantitative estimate of drug-likeness (QED) is 0.518. The SMILES string of the molecule is CCCCC(C(=O)O)c1c(OC(F)(F)F)ccc(OC(F)(F)F)c1OC(F)(F)F. The third kappa shape index (κ3) is 8.15. The van der Waals surface area contributed by atoms with Crippen LogP contribution >= 0.6 is 0 Å². The highest BCUT2D eigenvalue weighted by Gasteiger charge is 2.42. The number of carboxylic acid groups (broad SMARTS) is 1. The maximum Gasteiger partial charge on any atom is 0.573 e. The second kappa shape index (κ2) is 8.86. The standard InChI is InChI=1S/C15H13F9O5/c1-2-3-4-7(12(25)26)10-8(27-13(16,17)18)5-6-9(28-14(19,20)21)11(10)29-15(22,23)24/h5-7H,2-4H2,1H3,(H,25,26). The molecule has 0 aliphatic carbocycles. The van der Waals surface area contributed by atoms with E-state index in [1.807, 2.05) is 0 Å². The van der Waals surface area contributed by atoms with Gasteiger partial charge in [0.05, 0.1) is 11.5 Å². The molecule has 1 rings (SSSR count). The zero-order valence-electron chi connectivity index (χ0n) is 14.3. The molecule has 0 aliphatic rings. The van der Waals surface area contributed by atoms with Gasteiger partial charge in [0.2, 0.25) is 0 Å². The van der Waals surface area contributed by atoms with Crippen LogP contribution in [0.15, 0.2) is 12.1 Å². The highest BCUT2D eigenvalue weighted by atomic mass is 19.4. The molecule has 0 amide bonds. The van der Waals surface area contributed by atoms with Crippen LogP contribution in [0.4, 0.5) is 39.5 Å². The molecule has 0 radical (unpaired) electrons. The second-order valence-electron chi connectivity index (χ2n) is 5.48. The summed E-state index contributed by atoms with van der Waals surface area (Å²) < 4.78 is 124. The molecule has 1 N–H and O–H groups in total. The number of halogens is 9. The molecule has 5 nitrogen and oxygen atoms in total. The summed E-state index contributed by atoms with van der Waals surface area (Å²) in [6.45, 7) is 1.54. The molecule has 0 heterocycles. The van der Waals surface area contributed by atoms with E-state index < -0.39 is 60.2 Å². The second-order valence-corrected chi connectivity index (χ2v) is 5.48. The Balaban J connectivity index is 3.79. The van der Waals surface area contributed by atoms with Crippen molar-refractivity contribution in [2.75, 3.05) is 0 Å². The van der Waals surface area contributed by atoms with Crippen molar-refractivity contribution in [3.8, 4) is 17.2 Å². The van der Waals surface area contributed by atoms with E-state index in [0.717, 1.165) is 0 Å². The van der Waals surface area contributed by atoms with E-state index in [9.17, 15) is 49.4 Å². The molecule has 0 spiro atoms. The summed E-state index contributed by atoms with van der Waals surface area (Å²) in [5, 5.41) is 9.29. The summed E-state index contributed by atoms with van der Waals surface area (Å²) in [5.74, 6) is -9.04. The number of alkyl halides is 9. The Hall–Kier alpha value is -2.54. The van der Waals surface area contributed by atoms with Crippen molar-refractivity contribution in [1.29, 1.82) is 0 Å². The predicted molar refractivity (Wildman–Crippen MR) is 76.4 cm³/mol. The van der Waals surface area contributed by atoms with Gasteiger partial charge in [-0.05, 0) is 18.6 Å². The first-order valence-corrected chi connectivity index (χ1v) is 7.71. The molecule has 1 unspecified atom stereocenters. The Labute approximate surface area is 157 Å². The van der Waals surface area contributed by atoms with Crippen molar-refractivity contribution in [3.05, 3.63) is 17.7 Å². The molecule has 0 aliphatic heterocycles. The summed E-state index contributed by atoms with van der Waals surface area (Å²) in [5.41, 5.74) is -1.39. The summed E-state index contributed by atoms with van der Waals surface area (Å²) in [4.78, 5) is 11.5. The van der Waals surface area contributed by atoms with E-state index in [0.29, 0.717) is 0 Å². The van der Waals surface area contributed by atoms with Crippen LogP contribution in [-0.2, 0) is 4.79 Å². The van der Waals surface area contributed by atoms with Crippen LogP contribution in [0.25, 0.3) is 0 Å². The molecule has 29 heavy (non-hydrogen) atoms. The summed E-state index contributed by atoms with van der Waals surface area (Å²) in [6, 6.07) is 0.312. The average Bonchev–Trinajstić information content (AvgIpc) is 2.48. The Kier molecular flexibility index (Phi) is 7.49. The molecule has 166 valence electrons. The van der Waals surface area contributed by atoms with Crippen LogP contribution in [0.2, 0.25) is 0 Å². The topological polar surface area (TPSA) is 65.0 Å². The van der Waals surface area contributed by atoms with E-state index in [1.54, 1.807) is 6.92 Å². The number of rotatable bonds is 8. The first-order valence-electron chi connectivity index (χ1n) is 7.71. The molecule has 1 aromatic rings. The van der Waals surface area contributed by atoms with Crippen LogP contribution in [0.3, 0.4) is 0 Å². The summed E-state index contributed by atoms with van der Waals surface area (Å²) in [7, 11) is 0. The van der Waals surface area contributed by atoms with Crippen molar-refractivity contribution in [1.82, 2.24) is 0 Å². The van der Waals surface area contributed by atoms with E-state index in [1.165, 1.54) is 0 Å². The lowest BCUT2D eigenvalue weighted by Gasteiger charge is -2.24. The zero-order valence-corrected chi connectivity index (χ0v) is 14.3. The van der Waals surface area contributed by atoms with Gasteiger partial charge in [0.1, 0.15) is 5.75 Å². The molecule has 0 aromatic heterocycles. The zero-order chi connectivity index (χ0) is 22.6. The fourth-order valence-corrected chi connectivity index (χ4v) is 2.33. The number of unbranched alkanes of at least 4 members (excludes halogenated alkanes) is 1. The normalized spacial score (nSPS) is 13.7. The molecule has 0 bridgehead atoms. The van der Waals surface area contributed by atoms with Gasteiger partial charge in [-0.2, -0.15) is 0 Å². The average molecular weight is 444 g/mol. The van der Waals surface area contributed by atoms with Gasteiger partial charge in [0.25, 0.3) is 0 Å². The number of ether oxygens (including phenoxy) is 3. The van der Waals surface area contributed by atoms with Gasteiger partial charge in [-0.1, -0.05) is 19.8 Å². The van der Waals surface area contributed by atoms with Crippen LogP contribution in [-0.4, -0.2) is 30.2 Å². The third-order valence-corrected chi connectivity index (χ3v) is 3.28. The number of carbonyl (C=O) groups is 1. The number of aliphatic carboxylic acids is 1. The molecular weight excluding hydrogens is 431 g/mol. The minimum absolute atomic E-state index is 0.0121. The Morgan fingerprint density at radius 2 is 1.34 bits per heavy atom. The summed E-state index contributed by atoms with van der Waals surface area (Å²) >= 11 is 0. The minimum Gasteiger partial charge on any atom is -0.481 e. The molecule has 1 aromatic carbocycles. The van der Waals surface area contributed by atoms with Crippen molar-refractivity contribution < 1.29 is 63.6 Å². The Bertz CT molecular complexity index is 710. The molecular formula is C15H13F9O5. The fourth-order valence-electron chi connectivity index (χ4n) is 2.33. The lowest BCUT2D eigenvalue weighted by atomic mass is 9.91. The number of carboxylic acids is 1. The van der Waals surface area contributed by atoms with E-state index in [2.05, 4.69) is 14.2 Å². The largest absolute Gasteiger partial charge is 0.573 e. The van der Waals surface area contributed by atoms with E-state index in [-0.39, 0.29) is 25.0 Å². The number of hydrogen-bond donors (Lipinski definition) is 1. The van der Waals surface area contributed by atoms with E-state index in [4.69, 9.17) is 0 Å². The van der Waals surface area contributed by atoms with Crippen molar-refractivity contribution in [2.45, 2.75) is 51.2 Å². The smallest absolute Gasteiger partial charge is 0.481 e. The van der Waals surface area contributed by atoms with Crippen LogP contribution in [0.5, 0.6) is 17.2 Å². The fraction of sp³-hybridized carbons (Fsp3) is 0.533. The highest BCUT2D eigenvalue weighted by Crippen LogP contribution is 2.48. The monoisotopic (exact) mass is 444 g/mol. The van der Waals surface area contributed by atoms with Gasteiger partial charge >= 0.3 is 25.1 Å². The van der Waals surface area contributed by atoms with E-state index >= 15 is 0 Å². The van der Waals surface area contributed by atoms with Crippen LogP contribution in [0.1, 0.15) is 37.7 Å². The maximum atomic E-state index is 12.8. The van der Waals surface area contributed by atoms with Gasteiger partial charge in [-0.15, -0.1) is 39.5 Å². The third-order valence-electron chi connectivity index (χ3n) is 3.28. The lowest BCUT2D eigenvalue weighted by molar-refractivity contribution is -0.288. The molecule has 1 atom stereocenters. The molecule has 0 fully saturated rings. The first-order chi connectivity index (χ1) is 13.0. The van der Waals surface area contributed by atoms with Crippen molar-refractivity contribution >= 4 is 5.97 Å². The Morgan fingerprint density at radius 3 is 1.76 bits per heavy atom. The molecule has 0 saturated carbocycles. The lowest BCUT2D eigenvalue weighted by Crippen LogP contribution is -2.25. The van der Waals surface area contributed by atoms with Gasteiger partial charge in [-0.3, -0.25) is 4.79 Å².